The van der Waals surface area contributed by atoms with Gasteiger partial charge in [0.1, 0.15) is 77.9 Å². The van der Waals surface area contributed by atoms with E-state index in [0.29, 0.717) is 5.56 Å². The lowest BCUT2D eigenvalue weighted by molar-refractivity contribution is -0.353. The average Bonchev–Trinajstić information content (AvgIpc) is 3.31. The Labute approximate surface area is 379 Å². The van der Waals surface area contributed by atoms with Crippen LogP contribution in [0.25, 0.3) is 12.2 Å². The molecule has 0 aromatic heterocycles. The molecule has 0 spiro atoms. The van der Waals surface area contributed by atoms with Crippen molar-refractivity contribution in [2.45, 2.75) is 92.1 Å². The van der Waals surface area contributed by atoms with Crippen LogP contribution in [0.2, 0.25) is 0 Å². The topological polar surface area (TPSA) is 372 Å². The summed E-state index contributed by atoms with van der Waals surface area (Å²) >= 11 is 0. The normalized spacial score (nSPS) is 32.9. The third-order valence-electron chi connectivity index (χ3n) is 11.2. The standard InChI is InChI=1S/C43H50O24/c1-58-25-7-16(8-26(59-2)32(25)52)3-6-30(50)66-39-31(51)22(49)15-60-42(39)67-40-36(56)34(54)29(14-45)65-43(40)63-27-12-19-23(61-38(27)17-4-5-20(47)21(48)9-17)10-18(46)11-24(19)62-41-37(57)35(55)33(53)28(13-44)64-41/h3-12,22,28-29,31,33-49,51-57H,13-15H2,1-2H3/b6-3+/t22-,28-,29-,31-,33-,34-,35+,36-,37+,38?,39+,40+,41-,42-,43-/m1/s1. The van der Waals surface area contributed by atoms with Crippen LogP contribution < -0.4 is 18.9 Å². The summed E-state index contributed by atoms with van der Waals surface area (Å²) in [6.07, 6.45) is -23.0. The van der Waals surface area contributed by atoms with Gasteiger partial charge in [0.2, 0.25) is 18.3 Å². The maximum atomic E-state index is 13.2. The second-order valence-electron chi connectivity index (χ2n) is 15.7. The number of phenolic OH excluding ortho intramolecular Hbond substituents is 4. The van der Waals surface area contributed by atoms with Gasteiger partial charge >= 0.3 is 5.97 Å². The molecular formula is C43H50O24. The van der Waals surface area contributed by atoms with Crippen LogP contribution >= 0.6 is 0 Å². The molecule has 0 saturated carbocycles. The van der Waals surface area contributed by atoms with Crippen molar-refractivity contribution >= 4 is 18.1 Å². The number of carbonyl (C=O) groups excluding carboxylic acids is 1. The number of hydrogen-bond acceptors (Lipinski definition) is 24. The lowest BCUT2D eigenvalue weighted by atomic mass is 9.97. The molecule has 3 fully saturated rings. The van der Waals surface area contributed by atoms with E-state index in [9.17, 15) is 71.2 Å². The molecule has 0 aliphatic carbocycles. The van der Waals surface area contributed by atoms with Crippen LogP contribution in [-0.2, 0) is 33.2 Å². The van der Waals surface area contributed by atoms with Gasteiger partial charge in [-0.3, -0.25) is 0 Å². The molecule has 4 heterocycles. The number of rotatable bonds is 14. The SMILES string of the molecule is COc1cc(/C=C/C(=O)O[C@@H]2[C@@H](O[C@@H]3[C@H](OC4=Cc5c(cc(O)cc5O[C@@H]5O[C@H](CO)[C@@H](O)[C@H](O)[C@@H]5O)OC4c4ccc(O)c(O)c4)O[C@H](CO)[C@@H](O)[C@H]3O)OC[C@@H](O)[C@H]2O)cc(OC)c1O. The van der Waals surface area contributed by atoms with E-state index < -0.39 is 135 Å². The van der Waals surface area contributed by atoms with E-state index in [4.69, 9.17) is 47.4 Å². The summed E-state index contributed by atoms with van der Waals surface area (Å²) in [5.41, 5.74) is 0.352. The molecule has 3 aromatic rings. The quantitative estimate of drug-likeness (QED) is 0.0460. The van der Waals surface area contributed by atoms with Gasteiger partial charge in [-0.1, -0.05) is 6.07 Å². The van der Waals surface area contributed by atoms with Gasteiger partial charge < -0.3 is 114 Å². The van der Waals surface area contributed by atoms with Crippen molar-refractivity contribution in [1.29, 1.82) is 0 Å². The summed E-state index contributed by atoms with van der Waals surface area (Å²) in [7, 11) is 2.60. The zero-order valence-corrected chi connectivity index (χ0v) is 35.4. The molecule has 24 heteroatoms. The highest BCUT2D eigenvalue weighted by molar-refractivity contribution is 5.87. The monoisotopic (exact) mass is 950 g/mol. The Morgan fingerprint density at radius 2 is 1.36 bits per heavy atom. The molecule has 0 radical (unpaired) electrons. The second-order valence-corrected chi connectivity index (χ2v) is 15.7. The molecule has 0 amide bonds. The van der Waals surface area contributed by atoms with E-state index in [1.54, 1.807) is 0 Å². The number of aromatic hydroxyl groups is 4. The van der Waals surface area contributed by atoms with Crippen molar-refractivity contribution in [2.24, 2.45) is 0 Å². The first kappa shape index (κ1) is 49.2. The third-order valence-corrected chi connectivity index (χ3v) is 11.2. The molecule has 7 rings (SSSR count). The number of ether oxygens (including phenoxy) is 10. The smallest absolute Gasteiger partial charge is 0.331 e. The average molecular weight is 951 g/mol. The van der Waals surface area contributed by atoms with Crippen LogP contribution in [-0.4, -0.2) is 192 Å². The molecule has 0 bridgehead atoms. The molecule has 366 valence electrons. The Hall–Kier alpha value is -5.71. The number of esters is 1. The van der Waals surface area contributed by atoms with Crippen molar-refractivity contribution in [1.82, 2.24) is 0 Å². The van der Waals surface area contributed by atoms with Crippen LogP contribution in [0, 0.1) is 0 Å². The van der Waals surface area contributed by atoms with Crippen LogP contribution in [0.1, 0.15) is 22.8 Å². The number of phenols is 4. The first-order valence-corrected chi connectivity index (χ1v) is 20.5. The maximum absolute atomic E-state index is 13.2. The van der Waals surface area contributed by atoms with Crippen LogP contribution in [0.15, 0.2) is 54.3 Å². The van der Waals surface area contributed by atoms with Gasteiger partial charge in [0.25, 0.3) is 0 Å². The minimum atomic E-state index is -2.00. The fourth-order valence-corrected chi connectivity index (χ4v) is 7.59. The first-order chi connectivity index (χ1) is 32.0. The summed E-state index contributed by atoms with van der Waals surface area (Å²) in [5.74, 6) is -3.65. The lowest BCUT2D eigenvalue weighted by Gasteiger charge is -2.45. The van der Waals surface area contributed by atoms with Crippen molar-refractivity contribution in [2.75, 3.05) is 34.0 Å². The fraction of sp³-hybridized carbons (Fsp3) is 0.465. The van der Waals surface area contributed by atoms with Crippen LogP contribution in [0.5, 0.6) is 46.0 Å². The van der Waals surface area contributed by atoms with E-state index in [2.05, 4.69) is 0 Å². The van der Waals surface area contributed by atoms with E-state index in [-0.39, 0.29) is 45.6 Å². The Kier molecular flexibility index (Phi) is 15.2. The van der Waals surface area contributed by atoms with Crippen molar-refractivity contribution in [3.8, 4) is 46.0 Å². The van der Waals surface area contributed by atoms with Gasteiger partial charge in [-0.25, -0.2) is 4.79 Å². The number of aliphatic hydroxyl groups is 9. The first-order valence-electron chi connectivity index (χ1n) is 20.5. The summed E-state index contributed by atoms with van der Waals surface area (Å²) in [5, 5.41) is 137. The third kappa shape index (κ3) is 10.3. The van der Waals surface area contributed by atoms with Gasteiger partial charge in [-0.15, -0.1) is 0 Å². The Morgan fingerprint density at radius 1 is 0.701 bits per heavy atom. The molecule has 4 aliphatic rings. The molecule has 3 aromatic carbocycles. The molecule has 3 saturated heterocycles. The van der Waals surface area contributed by atoms with E-state index >= 15 is 0 Å². The van der Waals surface area contributed by atoms with E-state index in [0.717, 1.165) is 30.3 Å². The molecule has 13 N–H and O–H groups in total. The second kappa shape index (κ2) is 20.7. The van der Waals surface area contributed by atoms with Gasteiger partial charge in [0, 0.05) is 23.8 Å². The van der Waals surface area contributed by atoms with Crippen molar-refractivity contribution in [3.63, 3.8) is 0 Å². The zero-order valence-electron chi connectivity index (χ0n) is 35.4. The van der Waals surface area contributed by atoms with Crippen LogP contribution in [0.4, 0.5) is 0 Å². The fourth-order valence-electron chi connectivity index (χ4n) is 7.59. The largest absolute Gasteiger partial charge is 0.508 e. The molecule has 4 aliphatic heterocycles. The summed E-state index contributed by atoms with van der Waals surface area (Å²) in [6.45, 7) is -2.26. The Bertz CT molecular complexity index is 2260. The summed E-state index contributed by atoms with van der Waals surface area (Å²) in [4.78, 5) is 13.2. The number of fused-ring (bicyclic) bond motifs is 1. The molecule has 15 atom stereocenters. The van der Waals surface area contributed by atoms with Crippen molar-refractivity contribution < 1.29 is 119 Å². The number of aliphatic hydroxyl groups excluding tert-OH is 9. The number of benzene rings is 3. The minimum absolute atomic E-state index is 0.0177. The number of methoxy groups -OCH3 is 2. The predicted octanol–water partition coefficient (Wildman–Crippen LogP) is -2.28. The zero-order chi connectivity index (χ0) is 48.4. The summed E-state index contributed by atoms with van der Waals surface area (Å²) in [6, 6.07) is 8.52. The van der Waals surface area contributed by atoms with Gasteiger partial charge in [-0.05, 0) is 42.0 Å². The van der Waals surface area contributed by atoms with Crippen molar-refractivity contribution in [3.05, 3.63) is 71.0 Å². The Morgan fingerprint density at radius 3 is 2.00 bits per heavy atom. The number of carbonyl (C=O) groups is 1. The molecule has 1 unspecified atom stereocenters. The highest BCUT2D eigenvalue weighted by Crippen LogP contribution is 2.47. The maximum Gasteiger partial charge on any atom is 0.331 e. The van der Waals surface area contributed by atoms with Crippen LogP contribution in [0.3, 0.4) is 0 Å². The van der Waals surface area contributed by atoms with Gasteiger partial charge in [0.05, 0.1) is 39.6 Å². The minimum Gasteiger partial charge on any atom is -0.508 e. The molecular weight excluding hydrogens is 900 g/mol. The highest BCUT2D eigenvalue weighted by Gasteiger charge is 2.52. The predicted molar refractivity (Wildman–Crippen MR) is 219 cm³/mol. The summed E-state index contributed by atoms with van der Waals surface area (Å²) < 4.78 is 57.3. The van der Waals surface area contributed by atoms with Gasteiger partial charge in [0.15, 0.2) is 47.6 Å². The number of hydrogen-bond donors (Lipinski definition) is 13. The highest BCUT2D eigenvalue weighted by atomic mass is 16.8. The van der Waals surface area contributed by atoms with Gasteiger partial charge in [-0.2, -0.15) is 0 Å². The van der Waals surface area contributed by atoms with E-state index in [1.807, 2.05) is 0 Å². The molecule has 67 heavy (non-hydrogen) atoms. The van der Waals surface area contributed by atoms with E-state index in [1.165, 1.54) is 44.6 Å². The molecule has 24 nitrogen and oxygen atoms in total. The Balaban J connectivity index is 1.22. The lowest BCUT2D eigenvalue weighted by Crippen LogP contribution is -2.63.